The van der Waals surface area contributed by atoms with E-state index in [1.807, 2.05) is 11.9 Å². The Morgan fingerprint density at radius 1 is 1.20 bits per heavy atom. The number of ketones is 1. The van der Waals surface area contributed by atoms with Crippen LogP contribution in [-0.2, 0) is 9.59 Å². The Kier molecular flexibility index (Phi) is 4.22. The summed E-state index contributed by atoms with van der Waals surface area (Å²) < 4.78 is 0. The van der Waals surface area contributed by atoms with Gasteiger partial charge in [-0.1, -0.05) is 35.9 Å². The normalized spacial score (nSPS) is 48.7. The lowest BCUT2D eigenvalue weighted by Gasteiger charge is -2.60. The van der Waals surface area contributed by atoms with Crippen LogP contribution in [0.3, 0.4) is 0 Å². The van der Waals surface area contributed by atoms with Gasteiger partial charge in [0.2, 0.25) is 5.91 Å². The van der Waals surface area contributed by atoms with E-state index in [2.05, 4.69) is 35.9 Å². The molecule has 4 aliphatic rings. The molecule has 3 fully saturated rings. The zero-order valence-electron chi connectivity index (χ0n) is 15.6. The molecule has 0 bridgehead atoms. The predicted molar refractivity (Wildman–Crippen MR) is 102 cm³/mol. The summed E-state index contributed by atoms with van der Waals surface area (Å²) in [5.74, 6) is 2.84. The van der Waals surface area contributed by atoms with Crippen LogP contribution in [0.25, 0.3) is 0 Å². The maximum absolute atomic E-state index is 12.5. The Labute approximate surface area is 159 Å². The van der Waals surface area contributed by atoms with Crippen molar-refractivity contribution in [2.24, 2.45) is 34.5 Å². The number of hydrogen-bond donors (Lipinski definition) is 0. The molecular weight excluding hydrogens is 378 g/mol. The van der Waals surface area contributed by atoms with Crippen LogP contribution >= 0.6 is 15.9 Å². The van der Waals surface area contributed by atoms with Crippen LogP contribution in [0.2, 0.25) is 0 Å². The van der Waals surface area contributed by atoms with Crippen LogP contribution in [0.4, 0.5) is 0 Å². The van der Waals surface area contributed by atoms with E-state index in [-0.39, 0.29) is 22.7 Å². The van der Waals surface area contributed by atoms with Crippen LogP contribution in [0.1, 0.15) is 52.4 Å². The molecule has 4 rings (SSSR count). The first-order valence-electron chi connectivity index (χ1n) is 9.87. The minimum atomic E-state index is 0.102. The van der Waals surface area contributed by atoms with Crippen LogP contribution in [0, 0.1) is 34.5 Å². The average molecular weight is 408 g/mol. The Balaban J connectivity index is 1.65. The second kappa shape index (κ2) is 5.94. The van der Waals surface area contributed by atoms with Crippen molar-refractivity contribution >= 4 is 27.6 Å². The van der Waals surface area contributed by atoms with Gasteiger partial charge in [0, 0.05) is 24.4 Å². The summed E-state index contributed by atoms with van der Waals surface area (Å²) in [4.78, 5) is 26.6. The molecule has 0 unspecified atom stereocenters. The standard InChI is InChI=1S/C21H30BrNO2/c1-20-10-8-15-13(14(20)5-6-16(20)17(24)12-22)4-7-18-21(15,2)11-9-19(25)23(18)3/h9,11,13-16,18H,4-8,10,12H2,1-3H3/t13-,14-,15-,16+,18+,20-,21+/m0/s1. The first-order chi connectivity index (χ1) is 11.8. The smallest absolute Gasteiger partial charge is 0.246 e. The van der Waals surface area contributed by atoms with E-state index in [4.69, 9.17) is 0 Å². The quantitative estimate of drug-likeness (QED) is 0.642. The van der Waals surface area contributed by atoms with Crippen molar-refractivity contribution in [2.75, 3.05) is 12.4 Å². The number of Topliss-reactive ketones (excluding diaryl/α,β-unsaturated/α-hetero) is 1. The lowest BCUT2D eigenvalue weighted by molar-refractivity contribution is -0.141. The lowest BCUT2D eigenvalue weighted by atomic mass is 9.47. The number of amides is 1. The van der Waals surface area contributed by atoms with Crippen LogP contribution in [-0.4, -0.2) is 35.0 Å². The fourth-order valence-corrected chi connectivity index (χ4v) is 7.75. The van der Waals surface area contributed by atoms with Gasteiger partial charge in [-0.25, -0.2) is 0 Å². The molecule has 0 aromatic rings. The van der Waals surface area contributed by atoms with Crippen molar-refractivity contribution in [1.82, 2.24) is 4.90 Å². The van der Waals surface area contributed by atoms with Crippen molar-refractivity contribution in [3.63, 3.8) is 0 Å². The second-order valence-electron chi connectivity index (χ2n) is 9.39. The third-order valence-electron chi connectivity index (χ3n) is 8.65. The monoisotopic (exact) mass is 407 g/mol. The molecule has 0 radical (unpaired) electrons. The molecule has 0 aromatic heterocycles. The van der Waals surface area contributed by atoms with E-state index in [1.54, 1.807) is 6.08 Å². The highest BCUT2D eigenvalue weighted by Crippen LogP contribution is 2.65. The Morgan fingerprint density at radius 3 is 2.68 bits per heavy atom. The number of nitrogens with zero attached hydrogens (tertiary/aromatic N) is 1. The number of carbonyl (C=O) groups is 2. The van der Waals surface area contributed by atoms with Gasteiger partial charge in [0.05, 0.1) is 5.33 Å². The Morgan fingerprint density at radius 2 is 1.96 bits per heavy atom. The Hall–Kier alpha value is -0.640. The SMILES string of the molecule is CN1C(=O)C=C[C@]2(C)[C@H]3CC[C@]4(C)[C@@H](C(=O)CBr)CC[C@H]4[C@@H]3CC[C@@H]12. The van der Waals surface area contributed by atoms with E-state index in [0.717, 1.165) is 19.3 Å². The fraction of sp³-hybridized carbons (Fsp3) is 0.810. The molecule has 1 amide bonds. The summed E-state index contributed by atoms with van der Waals surface area (Å²) in [5, 5.41) is 0.503. The molecule has 7 atom stereocenters. The summed E-state index contributed by atoms with van der Waals surface area (Å²) in [6.07, 6.45) is 11.0. The molecular formula is C21H30BrNO2. The molecule has 25 heavy (non-hydrogen) atoms. The number of halogens is 1. The minimum absolute atomic E-state index is 0.102. The number of hydrogen-bond acceptors (Lipinski definition) is 2. The van der Waals surface area contributed by atoms with Gasteiger partial charge in [0.25, 0.3) is 0 Å². The molecule has 3 nitrogen and oxygen atoms in total. The van der Waals surface area contributed by atoms with Gasteiger partial charge in [0.15, 0.2) is 0 Å². The van der Waals surface area contributed by atoms with Gasteiger partial charge in [-0.05, 0) is 67.8 Å². The summed E-state index contributed by atoms with van der Waals surface area (Å²) in [6.45, 7) is 4.78. The van der Waals surface area contributed by atoms with Gasteiger partial charge in [-0.15, -0.1) is 0 Å². The molecule has 138 valence electrons. The summed E-state index contributed by atoms with van der Waals surface area (Å²) in [7, 11) is 1.97. The molecule has 0 spiro atoms. The number of carbonyl (C=O) groups excluding carboxylic acids is 2. The number of likely N-dealkylation sites (N-methyl/N-ethyl adjacent to an activating group) is 1. The van der Waals surface area contributed by atoms with Crippen molar-refractivity contribution in [2.45, 2.75) is 58.4 Å². The second-order valence-corrected chi connectivity index (χ2v) is 9.95. The highest BCUT2D eigenvalue weighted by Gasteiger charge is 2.61. The number of alkyl halides is 1. The predicted octanol–water partition coefficient (Wildman–Crippen LogP) is 4.21. The first-order valence-corrected chi connectivity index (χ1v) is 11.0. The molecule has 1 heterocycles. The van der Waals surface area contributed by atoms with Crippen LogP contribution in [0.15, 0.2) is 12.2 Å². The maximum atomic E-state index is 12.5. The maximum Gasteiger partial charge on any atom is 0.246 e. The van der Waals surface area contributed by atoms with E-state index < -0.39 is 0 Å². The van der Waals surface area contributed by atoms with Crippen molar-refractivity contribution in [3.8, 4) is 0 Å². The summed E-state index contributed by atoms with van der Waals surface area (Å²) >= 11 is 3.40. The van der Waals surface area contributed by atoms with E-state index >= 15 is 0 Å². The lowest BCUT2D eigenvalue weighted by Crippen LogP contribution is -2.59. The number of fused-ring (bicyclic) bond motifs is 5. The molecule has 0 saturated heterocycles. The molecule has 3 aliphatic carbocycles. The molecule has 4 heteroatoms. The van der Waals surface area contributed by atoms with Gasteiger partial charge < -0.3 is 4.90 Å². The molecule has 0 N–H and O–H groups in total. The van der Waals surface area contributed by atoms with E-state index in [9.17, 15) is 9.59 Å². The third kappa shape index (κ3) is 2.35. The van der Waals surface area contributed by atoms with Crippen LogP contribution in [0.5, 0.6) is 0 Å². The zero-order chi connectivity index (χ0) is 18.0. The molecule has 3 saturated carbocycles. The summed E-state index contributed by atoms with van der Waals surface area (Å²) in [6, 6.07) is 0.344. The minimum Gasteiger partial charge on any atom is -0.338 e. The van der Waals surface area contributed by atoms with E-state index in [0.29, 0.717) is 34.9 Å². The zero-order valence-corrected chi connectivity index (χ0v) is 17.2. The largest absolute Gasteiger partial charge is 0.338 e. The number of rotatable bonds is 2. The fourth-order valence-electron chi connectivity index (χ4n) is 7.36. The van der Waals surface area contributed by atoms with Gasteiger partial charge in [-0.3, -0.25) is 9.59 Å². The van der Waals surface area contributed by atoms with Crippen LogP contribution < -0.4 is 0 Å². The average Bonchev–Trinajstić information content (AvgIpc) is 2.95. The molecule has 0 aromatic carbocycles. The van der Waals surface area contributed by atoms with Gasteiger partial charge in [-0.2, -0.15) is 0 Å². The Bertz CT molecular complexity index is 631. The first kappa shape index (κ1) is 17.8. The highest BCUT2D eigenvalue weighted by atomic mass is 79.9. The van der Waals surface area contributed by atoms with Gasteiger partial charge >= 0.3 is 0 Å². The topological polar surface area (TPSA) is 37.4 Å². The molecule has 1 aliphatic heterocycles. The van der Waals surface area contributed by atoms with Crippen molar-refractivity contribution in [3.05, 3.63) is 12.2 Å². The van der Waals surface area contributed by atoms with Crippen molar-refractivity contribution in [1.29, 1.82) is 0 Å². The van der Waals surface area contributed by atoms with E-state index in [1.165, 1.54) is 19.3 Å². The van der Waals surface area contributed by atoms with Gasteiger partial charge in [0.1, 0.15) is 5.78 Å². The summed E-state index contributed by atoms with van der Waals surface area (Å²) in [5.41, 5.74) is 0.291. The highest BCUT2D eigenvalue weighted by molar-refractivity contribution is 9.09. The van der Waals surface area contributed by atoms with Crippen molar-refractivity contribution < 1.29 is 9.59 Å². The third-order valence-corrected chi connectivity index (χ3v) is 9.20.